The molecule has 0 bridgehead atoms. The number of rotatable bonds is 4. The van der Waals surface area contributed by atoms with E-state index in [0.29, 0.717) is 0 Å². The summed E-state index contributed by atoms with van der Waals surface area (Å²) in [7, 11) is 0. The van der Waals surface area contributed by atoms with E-state index in [2.05, 4.69) is 133 Å². The van der Waals surface area contributed by atoms with E-state index in [1.54, 1.807) is 17.6 Å². The summed E-state index contributed by atoms with van der Waals surface area (Å²) in [4.78, 5) is 0. The van der Waals surface area contributed by atoms with Crippen LogP contribution in [0.25, 0.3) is 0 Å². The molecule has 0 N–H and O–H groups in total. The molecule has 138 valence electrons. The Kier molecular flexibility index (Phi) is 8.19. The standard InChI is InChI=1S/2C13H13Ge/c2*1-14(12-8-4-2-5-9-12)13-10-6-3-7-11-13/h2*2-11H,1H3. The average molecular weight is 484 g/mol. The van der Waals surface area contributed by atoms with Gasteiger partial charge in [-0.15, -0.1) is 0 Å². The molecule has 0 aliphatic rings. The van der Waals surface area contributed by atoms with Gasteiger partial charge < -0.3 is 0 Å². The maximum absolute atomic E-state index is 2.41. The van der Waals surface area contributed by atoms with Crippen molar-refractivity contribution in [3.05, 3.63) is 121 Å². The Balaban J connectivity index is 0.000000161. The Bertz CT molecular complexity index is 763. The molecule has 0 amide bonds. The third-order valence-electron chi connectivity index (χ3n) is 4.83. The predicted molar refractivity (Wildman–Crippen MR) is 128 cm³/mol. The van der Waals surface area contributed by atoms with Crippen molar-refractivity contribution in [1.29, 1.82) is 0 Å². The van der Waals surface area contributed by atoms with Crippen LogP contribution in [0.2, 0.25) is 11.5 Å². The molecule has 0 aliphatic carbocycles. The molecular formula is C26H26Ge2. The fourth-order valence-corrected chi connectivity index (χ4v) is 10.3. The van der Waals surface area contributed by atoms with Gasteiger partial charge in [0.25, 0.3) is 0 Å². The summed E-state index contributed by atoms with van der Waals surface area (Å²) in [5.74, 6) is 4.81. The molecule has 28 heavy (non-hydrogen) atoms. The first-order chi connectivity index (χ1) is 13.8. The van der Waals surface area contributed by atoms with E-state index >= 15 is 0 Å². The second-order valence-electron chi connectivity index (χ2n) is 6.71. The minimum absolute atomic E-state index is 1.20. The number of hydrogen-bond acceptors (Lipinski definition) is 0. The normalized spacial score (nSPS) is 10.4. The molecule has 0 saturated heterocycles. The third kappa shape index (κ3) is 5.98. The second kappa shape index (κ2) is 11.1. The predicted octanol–water partition coefficient (Wildman–Crippen LogP) is 3.85. The zero-order valence-corrected chi connectivity index (χ0v) is 20.7. The van der Waals surface area contributed by atoms with Crippen LogP contribution in [-0.2, 0) is 0 Å². The third-order valence-corrected chi connectivity index (χ3v) is 14.9. The van der Waals surface area contributed by atoms with Gasteiger partial charge in [0.15, 0.2) is 0 Å². The van der Waals surface area contributed by atoms with E-state index in [-0.39, 0.29) is 0 Å². The van der Waals surface area contributed by atoms with E-state index in [4.69, 9.17) is 0 Å². The first-order valence-corrected chi connectivity index (χ1v) is 18.0. The molecule has 4 aromatic carbocycles. The van der Waals surface area contributed by atoms with Crippen LogP contribution < -0.4 is 17.6 Å². The Morgan fingerprint density at radius 1 is 0.321 bits per heavy atom. The topological polar surface area (TPSA) is 0 Å². The van der Waals surface area contributed by atoms with Crippen LogP contribution in [0.1, 0.15) is 0 Å². The Labute approximate surface area is 178 Å². The van der Waals surface area contributed by atoms with E-state index in [1.807, 2.05) is 0 Å². The van der Waals surface area contributed by atoms with Gasteiger partial charge >= 0.3 is 179 Å². The van der Waals surface area contributed by atoms with Gasteiger partial charge in [-0.3, -0.25) is 0 Å². The Morgan fingerprint density at radius 3 is 0.679 bits per heavy atom. The van der Waals surface area contributed by atoms with Crippen molar-refractivity contribution >= 4 is 46.3 Å². The van der Waals surface area contributed by atoms with Crippen molar-refractivity contribution in [3.63, 3.8) is 0 Å². The molecule has 0 heterocycles. The van der Waals surface area contributed by atoms with Crippen LogP contribution in [0.3, 0.4) is 0 Å². The number of benzene rings is 4. The van der Waals surface area contributed by atoms with Crippen molar-refractivity contribution in [2.45, 2.75) is 11.5 Å². The summed E-state index contributed by atoms with van der Waals surface area (Å²) in [5, 5.41) is 0. The fraction of sp³-hybridized carbons (Fsp3) is 0.0769. The first-order valence-electron chi connectivity index (χ1n) is 9.64. The van der Waals surface area contributed by atoms with E-state index in [1.165, 1.54) is 0 Å². The van der Waals surface area contributed by atoms with Gasteiger partial charge in [-0.05, 0) is 0 Å². The minimum atomic E-state index is -1.20. The first kappa shape index (κ1) is 20.7. The van der Waals surface area contributed by atoms with E-state index < -0.39 is 28.7 Å². The van der Waals surface area contributed by atoms with Gasteiger partial charge in [0.1, 0.15) is 0 Å². The molecule has 0 unspecified atom stereocenters. The maximum atomic E-state index is 2.41. The van der Waals surface area contributed by atoms with Gasteiger partial charge in [-0.2, -0.15) is 0 Å². The summed E-state index contributed by atoms with van der Waals surface area (Å²) < 4.78 is 6.16. The summed E-state index contributed by atoms with van der Waals surface area (Å²) in [6.45, 7) is 0. The summed E-state index contributed by atoms with van der Waals surface area (Å²) >= 11 is -2.40. The van der Waals surface area contributed by atoms with Crippen molar-refractivity contribution in [3.8, 4) is 0 Å². The van der Waals surface area contributed by atoms with Gasteiger partial charge in [-0.1, -0.05) is 0 Å². The van der Waals surface area contributed by atoms with Crippen LogP contribution >= 0.6 is 0 Å². The van der Waals surface area contributed by atoms with Gasteiger partial charge in [0.05, 0.1) is 0 Å². The Hall–Kier alpha value is -2.03. The van der Waals surface area contributed by atoms with Gasteiger partial charge in [0, 0.05) is 0 Å². The van der Waals surface area contributed by atoms with Crippen molar-refractivity contribution in [2.24, 2.45) is 0 Å². The van der Waals surface area contributed by atoms with E-state index in [0.717, 1.165) is 0 Å². The van der Waals surface area contributed by atoms with Crippen molar-refractivity contribution in [2.75, 3.05) is 0 Å². The van der Waals surface area contributed by atoms with Crippen LogP contribution in [0, 0.1) is 0 Å². The molecule has 0 nitrogen and oxygen atoms in total. The SMILES string of the molecule is [CH3][Ge]([c]1ccccc1)[c]1ccccc1.[CH3][Ge]([c]1ccccc1)[c]1ccccc1. The second-order valence-corrected chi connectivity index (χ2v) is 16.8. The molecule has 0 saturated carbocycles. The molecular weight excluding hydrogens is 458 g/mol. The van der Waals surface area contributed by atoms with E-state index in [9.17, 15) is 0 Å². The molecule has 2 radical (unpaired) electrons. The molecule has 0 aromatic heterocycles. The molecule has 0 fully saturated rings. The number of hydrogen-bond donors (Lipinski definition) is 0. The monoisotopic (exact) mass is 486 g/mol. The zero-order valence-electron chi connectivity index (χ0n) is 16.5. The van der Waals surface area contributed by atoms with Crippen molar-refractivity contribution < 1.29 is 0 Å². The van der Waals surface area contributed by atoms with Crippen LogP contribution in [-0.4, -0.2) is 28.7 Å². The zero-order chi connectivity index (χ0) is 19.6. The van der Waals surface area contributed by atoms with Crippen LogP contribution in [0.4, 0.5) is 0 Å². The van der Waals surface area contributed by atoms with Gasteiger partial charge in [-0.25, -0.2) is 0 Å². The van der Waals surface area contributed by atoms with Crippen molar-refractivity contribution in [1.82, 2.24) is 0 Å². The molecule has 4 aromatic rings. The van der Waals surface area contributed by atoms with Gasteiger partial charge in [0.2, 0.25) is 0 Å². The molecule has 0 spiro atoms. The quantitative estimate of drug-likeness (QED) is 0.387. The summed E-state index contributed by atoms with van der Waals surface area (Å²) in [5.41, 5.74) is 0. The molecule has 0 aliphatic heterocycles. The summed E-state index contributed by atoms with van der Waals surface area (Å²) in [6, 6.07) is 43.4. The average Bonchev–Trinajstić information content (AvgIpc) is 2.81. The van der Waals surface area contributed by atoms with Crippen LogP contribution in [0.15, 0.2) is 121 Å². The molecule has 0 atom stereocenters. The Morgan fingerprint density at radius 2 is 0.500 bits per heavy atom. The molecule has 4 rings (SSSR count). The van der Waals surface area contributed by atoms with Crippen LogP contribution in [0.5, 0.6) is 0 Å². The fourth-order valence-electron chi connectivity index (χ4n) is 3.09. The molecule has 2 heteroatoms. The summed E-state index contributed by atoms with van der Waals surface area (Å²) in [6.07, 6.45) is 0.